The van der Waals surface area contributed by atoms with Crippen molar-refractivity contribution in [3.63, 3.8) is 0 Å². The van der Waals surface area contributed by atoms with E-state index in [0.717, 1.165) is 25.9 Å². The Morgan fingerprint density at radius 2 is 2.21 bits per heavy atom. The molecule has 0 amide bonds. The highest BCUT2D eigenvalue weighted by atomic mass is 35.5. The number of methoxy groups -OCH3 is 1. The van der Waals surface area contributed by atoms with E-state index in [2.05, 4.69) is 15.5 Å². The molecule has 2 aromatic rings. The molecule has 3 rings (SSSR count). The number of rotatable bonds is 7. The molecule has 1 saturated heterocycles. The van der Waals surface area contributed by atoms with Gasteiger partial charge in [-0.15, -0.1) is 12.4 Å². The lowest BCUT2D eigenvalue weighted by Crippen LogP contribution is -2.31. The van der Waals surface area contributed by atoms with Crippen LogP contribution in [0.25, 0.3) is 0 Å². The van der Waals surface area contributed by atoms with Gasteiger partial charge >= 0.3 is 0 Å². The van der Waals surface area contributed by atoms with Crippen LogP contribution in [-0.2, 0) is 16.8 Å². The van der Waals surface area contributed by atoms with Gasteiger partial charge in [-0.2, -0.15) is 4.98 Å². The fourth-order valence-corrected chi connectivity index (χ4v) is 2.78. The Morgan fingerprint density at radius 1 is 1.38 bits per heavy atom. The zero-order valence-corrected chi connectivity index (χ0v) is 14.3. The van der Waals surface area contributed by atoms with E-state index in [1.165, 1.54) is 6.07 Å². The van der Waals surface area contributed by atoms with Crippen LogP contribution in [0.15, 0.2) is 28.8 Å². The van der Waals surface area contributed by atoms with Crippen LogP contribution in [0.1, 0.15) is 24.6 Å². The third-order valence-corrected chi connectivity index (χ3v) is 4.14. The molecular formula is C16H21ClFN3O3. The summed E-state index contributed by atoms with van der Waals surface area (Å²) < 4.78 is 29.6. The van der Waals surface area contributed by atoms with Gasteiger partial charge in [-0.25, -0.2) is 4.39 Å². The Hall–Kier alpha value is -1.70. The topological polar surface area (TPSA) is 69.4 Å². The SMILES string of the molecule is COCCC1(c2nc(COc3ccccc3F)no2)CCNC1.Cl. The Bertz CT molecular complexity index is 647. The largest absolute Gasteiger partial charge is 0.482 e. The zero-order chi connectivity index (χ0) is 16.1. The average molecular weight is 358 g/mol. The van der Waals surface area contributed by atoms with Crippen LogP contribution in [0.5, 0.6) is 5.75 Å². The van der Waals surface area contributed by atoms with E-state index in [9.17, 15) is 4.39 Å². The lowest BCUT2D eigenvalue weighted by atomic mass is 9.83. The second kappa shape index (κ2) is 8.41. The number of hydrogen-bond acceptors (Lipinski definition) is 6. The van der Waals surface area contributed by atoms with Crippen molar-refractivity contribution >= 4 is 12.4 Å². The summed E-state index contributed by atoms with van der Waals surface area (Å²) in [6, 6.07) is 6.24. The fraction of sp³-hybridized carbons (Fsp3) is 0.500. The Kier molecular flexibility index (Phi) is 6.53. The third kappa shape index (κ3) is 4.03. The molecule has 1 fully saturated rings. The summed E-state index contributed by atoms with van der Waals surface area (Å²) in [6.07, 6.45) is 1.73. The van der Waals surface area contributed by atoms with Crippen molar-refractivity contribution in [3.8, 4) is 5.75 Å². The van der Waals surface area contributed by atoms with Crippen molar-refractivity contribution < 1.29 is 18.4 Å². The standard InChI is InChI=1S/C16H20FN3O3.ClH/c1-21-9-7-16(6-8-18-11-16)15-19-14(20-23-15)10-22-13-5-3-2-4-12(13)17;/h2-5,18H,6-11H2,1H3;1H. The molecule has 1 aromatic carbocycles. The molecule has 132 valence electrons. The summed E-state index contributed by atoms with van der Waals surface area (Å²) in [5.74, 6) is 0.766. The first-order chi connectivity index (χ1) is 11.2. The van der Waals surface area contributed by atoms with E-state index in [0.29, 0.717) is 18.3 Å². The molecule has 1 aliphatic heterocycles. The van der Waals surface area contributed by atoms with Gasteiger partial charge in [0.15, 0.2) is 18.2 Å². The van der Waals surface area contributed by atoms with Crippen molar-refractivity contribution in [2.75, 3.05) is 26.8 Å². The molecule has 8 heteroatoms. The number of hydrogen-bond donors (Lipinski definition) is 1. The first kappa shape index (κ1) is 18.6. The molecule has 0 radical (unpaired) electrons. The molecule has 1 atom stereocenters. The minimum Gasteiger partial charge on any atom is -0.482 e. The normalized spacial score (nSPS) is 19.9. The predicted molar refractivity (Wildman–Crippen MR) is 87.9 cm³/mol. The van der Waals surface area contributed by atoms with Gasteiger partial charge in [0.2, 0.25) is 11.7 Å². The van der Waals surface area contributed by atoms with Crippen LogP contribution in [0.2, 0.25) is 0 Å². The maximum Gasteiger partial charge on any atom is 0.234 e. The van der Waals surface area contributed by atoms with E-state index in [-0.39, 0.29) is 30.2 Å². The van der Waals surface area contributed by atoms with E-state index in [1.54, 1.807) is 25.3 Å². The zero-order valence-electron chi connectivity index (χ0n) is 13.5. The Labute approximate surface area is 146 Å². The van der Waals surface area contributed by atoms with Gasteiger partial charge in [0.25, 0.3) is 0 Å². The maximum atomic E-state index is 13.5. The Balaban J connectivity index is 0.00000208. The molecule has 1 N–H and O–H groups in total. The molecule has 1 unspecified atom stereocenters. The summed E-state index contributed by atoms with van der Waals surface area (Å²) in [5, 5.41) is 7.29. The van der Waals surface area contributed by atoms with Gasteiger partial charge < -0.3 is 19.3 Å². The Morgan fingerprint density at radius 3 is 2.92 bits per heavy atom. The van der Waals surface area contributed by atoms with Crippen molar-refractivity contribution in [1.82, 2.24) is 15.5 Å². The third-order valence-electron chi connectivity index (χ3n) is 4.14. The molecule has 24 heavy (non-hydrogen) atoms. The first-order valence-corrected chi connectivity index (χ1v) is 7.63. The van der Waals surface area contributed by atoms with Crippen molar-refractivity contribution in [3.05, 3.63) is 41.8 Å². The highest BCUT2D eigenvalue weighted by molar-refractivity contribution is 5.85. The van der Waals surface area contributed by atoms with Crippen molar-refractivity contribution in [2.45, 2.75) is 24.9 Å². The minimum atomic E-state index is -0.409. The van der Waals surface area contributed by atoms with Crippen molar-refractivity contribution in [1.29, 1.82) is 0 Å². The minimum absolute atomic E-state index is 0. The summed E-state index contributed by atoms with van der Waals surface area (Å²) in [7, 11) is 1.68. The molecular weight excluding hydrogens is 337 g/mol. The summed E-state index contributed by atoms with van der Waals surface area (Å²) >= 11 is 0. The molecule has 1 aromatic heterocycles. The number of nitrogens with one attached hydrogen (secondary N) is 1. The summed E-state index contributed by atoms with van der Waals surface area (Å²) in [5.41, 5.74) is -0.195. The molecule has 2 heterocycles. The number of benzene rings is 1. The number of halogens is 2. The first-order valence-electron chi connectivity index (χ1n) is 7.63. The number of aromatic nitrogens is 2. The highest BCUT2D eigenvalue weighted by Gasteiger charge is 2.40. The van der Waals surface area contributed by atoms with Crippen LogP contribution < -0.4 is 10.1 Å². The number of ether oxygens (including phenoxy) is 2. The summed E-state index contributed by atoms with van der Waals surface area (Å²) in [6.45, 7) is 2.39. The van der Waals surface area contributed by atoms with Crippen LogP contribution >= 0.6 is 12.4 Å². The second-order valence-corrected chi connectivity index (χ2v) is 5.68. The molecule has 0 spiro atoms. The molecule has 1 aliphatic rings. The van der Waals surface area contributed by atoms with Gasteiger partial charge in [-0.1, -0.05) is 17.3 Å². The van der Waals surface area contributed by atoms with Crippen LogP contribution in [0.3, 0.4) is 0 Å². The van der Waals surface area contributed by atoms with E-state index in [4.69, 9.17) is 14.0 Å². The van der Waals surface area contributed by atoms with Gasteiger partial charge in [0.05, 0.1) is 5.41 Å². The number of para-hydroxylation sites is 1. The average Bonchev–Trinajstić information content (AvgIpc) is 3.22. The molecule has 6 nitrogen and oxygen atoms in total. The fourth-order valence-electron chi connectivity index (χ4n) is 2.78. The lowest BCUT2D eigenvalue weighted by Gasteiger charge is -2.22. The van der Waals surface area contributed by atoms with Crippen LogP contribution in [0.4, 0.5) is 4.39 Å². The predicted octanol–water partition coefficient (Wildman–Crippen LogP) is 2.48. The van der Waals surface area contributed by atoms with Gasteiger partial charge in [-0.3, -0.25) is 0 Å². The van der Waals surface area contributed by atoms with Crippen LogP contribution in [-0.4, -0.2) is 36.9 Å². The molecule has 0 bridgehead atoms. The van der Waals surface area contributed by atoms with E-state index >= 15 is 0 Å². The quantitative estimate of drug-likeness (QED) is 0.821. The maximum absolute atomic E-state index is 13.5. The molecule has 0 aliphatic carbocycles. The second-order valence-electron chi connectivity index (χ2n) is 5.68. The van der Waals surface area contributed by atoms with E-state index in [1.807, 2.05) is 0 Å². The molecule has 0 saturated carbocycles. The smallest absolute Gasteiger partial charge is 0.234 e. The van der Waals surface area contributed by atoms with E-state index < -0.39 is 5.82 Å². The monoisotopic (exact) mass is 357 g/mol. The van der Waals surface area contributed by atoms with Gasteiger partial charge in [-0.05, 0) is 31.5 Å². The van der Waals surface area contributed by atoms with Gasteiger partial charge in [0.1, 0.15) is 0 Å². The van der Waals surface area contributed by atoms with Crippen LogP contribution in [0, 0.1) is 5.82 Å². The van der Waals surface area contributed by atoms with Gasteiger partial charge in [0, 0.05) is 20.3 Å². The summed E-state index contributed by atoms with van der Waals surface area (Å²) in [4.78, 5) is 4.44. The van der Waals surface area contributed by atoms with Crippen molar-refractivity contribution in [2.24, 2.45) is 0 Å². The number of nitrogens with zero attached hydrogens (tertiary/aromatic N) is 2. The lowest BCUT2D eigenvalue weighted by molar-refractivity contribution is 0.156. The highest BCUT2D eigenvalue weighted by Crippen LogP contribution is 2.33.